The minimum Gasteiger partial charge on any atom is -0.427 e. The van der Waals surface area contributed by atoms with Crippen molar-refractivity contribution in [3.8, 4) is 0 Å². The van der Waals surface area contributed by atoms with Crippen molar-refractivity contribution in [3.05, 3.63) is 0 Å². The molecule has 0 amide bonds. The van der Waals surface area contributed by atoms with Gasteiger partial charge in [0, 0.05) is 17.9 Å². The molecule has 0 radical (unpaired) electrons. The van der Waals surface area contributed by atoms with Crippen molar-refractivity contribution >= 4 is 7.12 Å². The molecular formula is C7H15BN2O2. The second-order valence-corrected chi connectivity index (χ2v) is 3.87. The Kier molecular flexibility index (Phi) is 2.12. The molecule has 1 aliphatic heterocycles. The molecule has 2 fully saturated rings. The molecule has 2 rings (SSSR count). The molecule has 1 saturated carbocycles. The fourth-order valence-electron chi connectivity index (χ4n) is 2.59. The van der Waals surface area contributed by atoms with Crippen LogP contribution in [0.15, 0.2) is 0 Å². The van der Waals surface area contributed by atoms with Crippen molar-refractivity contribution in [2.45, 2.75) is 37.0 Å². The van der Waals surface area contributed by atoms with Gasteiger partial charge in [0.2, 0.25) is 0 Å². The third-order valence-electron chi connectivity index (χ3n) is 3.24. The van der Waals surface area contributed by atoms with E-state index in [1.807, 2.05) is 0 Å². The Morgan fingerprint density at radius 1 is 1.33 bits per heavy atom. The summed E-state index contributed by atoms with van der Waals surface area (Å²) in [5.74, 6) is 0.00694. The van der Waals surface area contributed by atoms with E-state index in [2.05, 4.69) is 10.9 Å². The molecule has 4 N–H and O–H groups in total. The van der Waals surface area contributed by atoms with E-state index >= 15 is 0 Å². The minimum absolute atomic E-state index is 0.00694. The van der Waals surface area contributed by atoms with Crippen molar-refractivity contribution in [1.82, 2.24) is 10.9 Å². The molecule has 68 valence electrons. The van der Waals surface area contributed by atoms with Crippen LogP contribution in [0.5, 0.6) is 0 Å². The highest BCUT2D eigenvalue weighted by Crippen LogP contribution is 2.44. The summed E-state index contributed by atoms with van der Waals surface area (Å²) in [6, 6.07) is 0. The summed E-state index contributed by atoms with van der Waals surface area (Å²) in [7, 11) is -1.17. The zero-order valence-electron chi connectivity index (χ0n) is 7.08. The summed E-state index contributed by atoms with van der Waals surface area (Å²) in [6.45, 7) is 0.934. The van der Waals surface area contributed by atoms with Gasteiger partial charge in [-0.05, 0) is 12.8 Å². The first kappa shape index (κ1) is 8.50. The fraction of sp³-hybridized carbons (Fsp3) is 1.00. The molecule has 0 bridgehead atoms. The SMILES string of the molecule is OB(O)C1CCCC12CCNN2. The lowest BCUT2D eigenvalue weighted by Gasteiger charge is -2.30. The van der Waals surface area contributed by atoms with E-state index in [0.29, 0.717) is 0 Å². The summed E-state index contributed by atoms with van der Waals surface area (Å²) in [4.78, 5) is 0. The minimum atomic E-state index is -1.17. The van der Waals surface area contributed by atoms with Gasteiger partial charge >= 0.3 is 7.12 Å². The molecule has 0 aromatic carbocycles. The summed E-state index contributed by atoms with van der Waals surface area (Å²) < 4.78 is 0. The lowest BCUT2D eigenvalue weighted by molar-refractivity contribution is 0.304. The summed E-state index contributed by atoms with van der Waals surface area (Å²) in [6.07, 6.45) is 4.08. The second kappa shape index (κ2) is 2.99. The largest absolute Gasteiger partial charge is 0.456 e. The van der Waals surface area contributed by atoms with Crippen molar-refractivity contribution in [3.63, 3.8) is 0 Å². The van der Waals surface area contributed by atoms with E-state index in [1.165, 1.54) is 0 Å². The molecule has 12 heavy (non-hydrogen) atoms. The third-order valence-corrected chi connectivity index (χ3v) is 3.24. The van der Waals surface area contributed by atoms with Gasteiger partial charge in [-0.2, -0.15) is 0 Å². The Morgan fingerprint density at radius 3 is 2.75 bits per heavy atom. The van der Waals surface area contributed by atoms with E-state index in [0.717, 1.165) is 32.2 Å². The predicted octanol–water partition coefficient (Wildman–Crippen LogP) is -0.750. The van der Waals surface area contributed by atoms with Gasteiger partial charge < -0.3 is 10.0 Å². The van der Waals surface area contributed by atoms with Crippen LogP contribution in [0.4, 0.5) is 0 Å². The lowest BCUT2D eigenvalue weighted by atomic mass is 9.63. The quantitative estimate of drug-likeness (QED) is 0.391. The smallest absolute Gasteiger partial charge is 0.427 e. The normalized spacial score (nSPS) is 41.0. The Hall–Kier alpha value is -0.0951. The van der Waals surface area contributed by atoms with Gasteiger partial charge in [0.15, 0.2) is 0 Å². The van der Waals surface area contributed by atoms with E-state index in [-0.39, 0.29) is 11.4 Å². The number of hydrogen-bond donors (Lipinski definition) is 4. The van der Waals surface area contributed by atoms with Crippen LogP contribution in [-0.4, -0.2) is 29.3 Å². The van der Waals surface area contributed by atoms with Gasteiger partial charge in [-0.25, -0.2) is 0 Å². The van der Waals surface area contributed by atoms with Gasteiger partial charge in [0.25, 0.3) is 0 Å². The van der Waals surface area contributed by atoms with Crippen LogP contribution < -0.4 is 10.9 Å². The predicted molar refractivity (Wildman–Crippen MR) is 46.3 cm³/mol. The first-order valence-corrected chi connectivity index (χ1v) is 4.61. The summed E-state index contributed by atoms with van der Waals surface area (Å²) in [5, 5.41) is 18.3. The first-order valence-electron chi connectivity index (χ1n) is 4.61. The van der Waals surface area contributed by atoms with E-state index in [9.17, 15) is 0 Å². The van der Waals surface area contributed by atoms with Crippen molar-refractivity contribution in [2.75, 3.05) is 6.54 Å². The van der Waals surface area contributed by atoms with Gasteiger partial charge in [0.1, 0.15) is 0 Å². The van der Waals surface area contributed by atoms with Crippen LogP contribution >= 0.6 is 0 Å². The summed E-state index contributed by atoms with van der Waals surface area (Å²) in [5.41, 5.74) is 6.23. The topological polar surface area (TPSA) is 64.5 Å². The number of rotatable bonds is 1. The summed E-state index contributed by atoms with van der Waals surface area (Å²) >= 11 is 0. The van der Waals surface area contributed by atoms with Crippen LogP contribution in [0.2, 0.25) is 5.82 Å². The standard InChI is InChI=1S/C7H15BN2O2/c11-8(12)6-2-1-3-7(6)4-5-9-10-7/h6,9-12H,1-5H2. The third kappa shape index (κ3) is 1.17. The first-order chi connectivity index (χ1) is 5.75. The second-order valence-electron chi connectivity index (χ2n) is 3.87. The maximum atomic E-state index is 9.17. The fourth-order valence-corrected chi connectivity index (χ4v) is 2.59. The maximum absolute atomic E-state index is 9.17. The molecule has 1 saturated heterocycles. The van der Waals surface area contributed by atoms with E-state index < -0.39 is 7.12 Å². The molecule has 5 heteroatoms. The molecule has 1 spiro atoms. The molecule has 2 unspecified atom stereocenters. The van der Waals surface area contributed by atoms with Crippen LogP contribution in [0.25, 0.3) is 0 Å². The highest BCUT2D eigenvalue weighted by molar-refractivity contribution is 6.43. The van der Waals surface area contributed by atoms with Crippen LogP contribution in [0, 0.1) is 0 Å². The van der Waals surface area contributed by atoms with E-state index in [4.69, 9.17) is 10.0 Å². The van der Waals surface area contributed by atoms with Crippen LogP contribution in [0.1, 0.15) is 25.7 Å². The zero-order chi connectivity index (χ0) is 8.60. The van der Waals surface area contributed by atoms with Crippen LogP contribution in [-0.2, 0) is 0 Å². The van der Waals surface area contributed by atoms with Gasteiger partial charge in [-0.1, -0.05) is 12.8 Å². The Balaban J connectivity index is 2.12. The molecule has 2 atom stereocenters. The molecule has 0 aromatic heterocycles. The Labute approximate surface area is 72.5 Å². The number of hydrogen-bond acceptors (Lipinski definition) is 4. The van der Waals surface area contributed by atoms with Crippen molar-refractivity contribution < 1.29 is 10.0 Å². The molecule has 0 aromatic rings. The average molecular weight is 170 g/mol. The highest BCUT2D eigenvalue weighted by atomic mass is 16.4. The van der Waals surface area contributed by atoms with Crippen LogP contribution in [0.3, 0.4) is 0 Å². The molecule has 1 heterocycles. The van der Waals surface area contributed by atoms with Gasteiger partial charge in [-0.3, -0.25) is 10.9 Å². The Bertz CT molecular complexity index is 165. The molecular weight excluding hydrogens is 155 g/mol. The monoisotopic (exact) mass is 170 g/mol. The molecule has 2 aliphatic rings. The zero-order valence-corrected chi connectivity index (χ0v) is 7.08. The number of nitrogens with one attached hydrogen (secondary N) is 2. The van der Waals surface area contributed by atoms with E-state index in [1.54, 1.807) is 0 Å². The van der Waals surface area contributed by atoms with Gasteiger partial charge in [0.05, 0.1) is 0 Å². The molecule has 1 aliphatic carbocycles. The van der Waals surface area contributed by atoms with Gasteiger partial charge in [-0.15, -0.1) is 0 Å². The Morgan fingerprint density at radius 2 is 2.17 bits per heavy atom. The highest BCUT2D eigenvalue weighted by Gasteiger charge is 2.49. The number of hydrazine groups is 1. The maximum Gasteiger partial charge on any atom is 0.456 e. The average Bonchev–Trinajstić information content (AvgIpc) is 2.61. The lowest BCUT2D eigenvalue weighted by Crippen LogP contribution is -2.48. The molecule has 4 nitrogen and oxygen atoms in total. The van der Waals surface area contributed by atoms with Crippen molar-refractivity contribution in [2.24, 2.45) is 0 Å². The van der Waals surface area contributed by atoms with Crippen molar-refractivity contribution in [1.29, 1.82) is 0 Å².